The molecule has 0 N–H and O–H groups in total. The van der Waals surface area contributed by atoms with Crippen LogP contribution in [0.15, 0.2) is 18.2 Å². The van der Waals surface area contributed by atoms with Crippen molar-refractivity contribution in [2.24, 2.45) is 5.92 Å². The van der Waals surface area contributed by atoms with E-state index in [-0.39, 0.29) is 0 Å². The van der Waals surface area contributed by atoms with E-state index in [1.54, 1.807) is 0 Å². The molecular weight excluding hydrogens is 184 g/mol. The van der Waals surface area contributed by atoms with Crippen LogP contribution in [0, 0.1) is 19.8 Å². The highest BCUT2D eigenvalue weighted by molar-refractivity contribution is 5.97. The summed E-state index contributed by atoms with van der Waals surface area (Å²) in [6, 6.07) is 6.00. The fraction of sp³-hybridized carbons (Fsp3) is 0.500. The van der Waals surface area contributed by atoms with Crippen molar-refractivity contribution in [3.8, 4) is 0 Å². The van der Waals surface area contributed by atoms with Crippen LogP contribution in [-0.4, -0.2) is 5.78 Å². The molecule has 1 aromatic rings. The van der Waals surface area contributed by atoms with E-state index in [1.807, 2.05) is 19.1 Å². The molecule has 15 heavy (non-hydrogen) atoms. The smallest absolute Gasteiger partial charge is 0.163 e. The van der Waals surface area contributed by atoms with Crippen molar-refractivity contribution >= 4 is 5.78 Å². The van der Waals surface area contributed by atoms with Gasteiger partial charge in [-0.05, 0) is 37.3 Å². The van der Waals surface area contributed by atoms with Crippen LogP contribution in [0.4, 0.5) is 0 Å². The maximum atomic E-state index is 11.9. The number of rotatable bonds is 4. The lowest BCUT2D eigenvalue weighted by Gasteiger charge is -2.07. The van der Waals surface area contributed by atoms with Gasteiger partial charge >= 0.3 is 0 Å². The average Bonchev–Trinajstić information content (AvgIpc) is 3.02. The molecule has 2 rings (SSSR count). The zero-order chi connectivity index (χ0) is 10.8. The first-order valence-electron chi connectivity index (χ1n) is 5.78. The molecule has 1 aromatic carbocycles. The fourth-order valence-electron chi connectivity index (χ4n) is 1.93. The van der Waals surface area contributed by atoms with Gasteiger partial charge in [0.15, 0.2) is 5.78 Å². The third kappa shape index (κ3) is 2.47. The standard InChI is InChI=1S/C14H18O/c1-10-4-3-5-13(11(10)2)14(15)9-8-12-6-7-12/h3-5,12H,6-9H2,1-2H3. The minimum absolute atomic E-state index is 0.322. The normalized spacial score (nSPS) is 15.3. The Morgan fingerprint density at radius 3 is 2.73 bits per heavy atom. The second-order valence-corrected chi connectivity index (χ2v) is 4.65. The zero-order valence-electron chi connectivity index (χ0n) is 9.55. The van der Waals surface area contributed by atoms with Gasteiger partial charge in [0.05, 0.1) is 0 Å². The first kappa shape index (κ1) is 10.4. The number of benzene rings is 1. The number of hydrogen-bond acceptors (Lipinski definition) is 1. The third-order valence-electron chi connectivity index (χ3n) is 3.38. The van der Waals surface area contributed by atoms with Crippen molar-refractivity contribution in [1.82, 2.24) is 0 Å². The lowest BCUT2D eigenvalue weighted by molar-refractivity contribution is 0.0977. The van der Waals surface area contributed by atoms with Crippen LogP contribution in [0.5, 0.6) is 0 Å². The van der Waals surface area contributed by atoms with Gasteiger partial charge in [-0.1, -0.05) is 31.0 Å². The largest absolute Gasteiger partial charge is 0.294 e. The summed E-state index contributed by atoms with van der Waals surface area (Å²) >= 11 is 0. The van der Waals surface area contributed by atoms with E-state index < -0.39 is 0 Å². The van der Waals surface area contributed by atoms with E-state index >= 15 is 0 Å². The molecule has 0 atom stereocenters. The highest BCUT2D eigenvalue weighted by atomic mass is 16.1. The molecule has 0 aromatic heterocycles. The summed E-state index contributed by atoms with van der Waals surface area (Å²) in [6.07, 6.45) is 4.49. The highest BCUT2D eigenvalue weighted by Crippen LogP contribution is 2.34. The molecule has 1 nitrogen and oxygen atoms in total. The van der Waals surface area contributed by atoms with Gasteiger partial charge in [0.25, 0.3) is 0 Å². The molecule has 0 saturated heterocycles. The Kier molecular flexibility index (Phi) is 2.90. The molecule has 0 spiro atoms. The number of hydrogen-bond donors (Lipinski definition) is 0. The first-order chi connectivity index (χ1) is 7.18. The van der Waals surface area contributed by atoms with Gasteiger partial charge in [-0.2, -0.15) is 0 Å². The minimum Gasteiger partial charge on any atom is -0.294 e. The summed E-state index contributed by atoms with van der Waals surface area (Å²) in [6.45, 7) is 4.10. The maximum absolute atomic E-state index is 11.9. The molecule has 1 saturated carbocycles. The Bertz CT molecular complexity index is 375. The SMILES string of the molecule is Cc1cccc(C(=O)CCC2CC2)c1C. The molecule has 1 heteroatoms. The van der Waals surface area contributed by atoms with Gasteiger partial charge in [-0.3, -0.25) is 4.79 Å². The lowest BCUT2D eigenvalue weighted by atomic mass is 9.97. The van der Waals surface area contributed by atoms with E-state index in [4.69, 9.17) is 0 Å². The quantitative estimate of drug-likeness (QED) is 0.681. The lowest BCUT2D eigenvalue weighted by Crippen LogP contribution is -2.03. The summed E-state index contributed by atoms with van der Waals surface area (Å²) in [5.74, 6) is 1.17. The predicted octanol–water partition coefficient (Wildman–Crippen LogP) is 3.68. The Morgan fingerprint density at radius 1 is 1.33 bits per heavy atom. The van der Waals surface area contributed by atoms with Gasteiger partial charge in [0.2, 0.25) is 0 Å². The van der Waals surface area contributed by atoms with Crippen LogP contribution >= 0.6 is 0 Å². The van der Waals surface area contributed by atoms with Crippen LogP contribution in [0.1, 0.15) is 47.2 Å². The molecule has 1 fully saturated rings. The van der Waals surface area contributed by atoms with E-state index in [1.165, 1.54) is 18.4 Å². The Morgan fingerprint density at radius 2 is 2.07 bits per heavy atom. The molecular formula is C14H18O. The van der Waals surface area contributed by atoms with Crippen molar-refractivity contribution in [1.29, 1.82) is 0 Å². The van der Waals surface area contributed by atoms with Crippen LogP contribution in [0.25, 0.3) is 0 Å². The molecule has 1 aliphatic rings. The van der Waals surface area contributed by atoms with Gasteiger partial charge in [0.1, 0.15) is 0 Å². The third-order valence-corrected chi connectivity index (χ3v) is 3.38. The first-order valence-corrected chi connectivity index (χ1v) is 5.78. The Hall–Kier alpha value is -1.11. The molecule has 0 heterocycles. The molecule has 0 bridgehead atoms. The van der Waals surface area contributed by atoms with Crippen molar-refractivity contribution in [2.45, 2.75) is 39.5 Å². The van der Waals surface area contributed by atoms with Gasteiger partial charge < -0.3 is 0 Å². The number of ketones is 1. The Labute approximate surface area is 91.5 Å². The highest BCUT2D eigenvalue weighted by Gasteiger charge is 2.22. The number of carbonyl (C=O) groups is 1. The van der Waals surface area contributed by atoms with E-state index in [0.29, 0.717) is 5.78 Å². The monoisotopic (exact) mass is 202 g/mol. The van der Waals surface area contributed by atoms with Gasteiger partial charge in [-0.25, -0.2) is 0 Å². The van der Waals surface area contributed by atoms with Crippen molar-refractivity contribution in [2.75, 3.05) is 0 Å². The molecule has 0 radical (unpaired) electrons. The van der Waals surface area contributed by atoms with E-state index in [9.17, 15) is 4.79 Å². The number of Topliss-reactive ketones (excluding diaryl/α,β-unsaturated/α-hetero) is 1. The predicted molar refractivity (Wildman–Crippen MR) is 62.2 cm³/mol. The second-order valence-electron chi connectivity index (χ2n) is 4.65. The topological polar surface area (TPSA) is 17.1 Å². The summed E-state index contributed by atoms with van der Waals surface area (Å²) < 4.78 is 0. The van der Waals surface area contributed by atoms with Crippen molar-refractivity contribution in [3.05, 3.63) is 34.9 Å². The molecule has 0 aliphatic heterocycles. The molecule has 80 valence electrons. The summed E-state index contributed by atoms with van der Waals surface area (Å²) in [7, 11) is 0. The molecule has 1 aliphatic carbocycles. The van der Waals surface area contributed by atoms with Crippen LogP contribution in [0.2, 0.25) is 0 Å². The van der Waals surface area contributed by atoms with Gasteiger partial charge in [0, 0.05) is 12.0 Å². The van der Waals surface area contributed by atoms with Crippen LogP contribution < -0.4 is 0 Å². The second kappa shape index (κ2) is 4.18. The fourth-order valence-corrected chi connectivity index (χ4v) is 1.93. The molecule has 0 unspecified atom stereocenters. The van der Waals surface area contributed by atoms with E-state index in [0.717, 1.165) is 29.9 Å². The summed E-state index contributed by atoms with van der Waals surface area (Å²) in [5.41, 5.74) is 3.29. The molecule has 0 amide bonds. The summed E-state index contributed by atoms with van der Waals surface area (Å²) in [5, 5.41) is 0. The Balaban J connectivity index is 2.06. The minimum atomic E-state index is 0.322. The number of carbonyl (C=O) groups excluding carboxylic acids is 1. The average molecular weight is 202 g/mol. The van der Waals surface area contributed by atoms with E-state index in [2.05, 4.69) is 13.0 Å². The number of aryl methyl sites for hydroxylation is 1. The van der Waals surface area contributed by atoms with Crippen molar-refractivity contribution in [3.63, 3.8) is 0 Å². The van der Waals surface area contributed by atoms with Crippen LogP contribution in [0.3, 0.4) is 0 Å². The van der Waals surface area contributed by atoms with Crippen molar-refractivity contribution < 1.29 is 4.79 Å². The zero-order valence-corrected chi connectivity index (χ0v) is 9.55. The maximum Gasteiger partial charge on any atom is 0.163 e. The summed E-state index contributed by atoms with van der Waals surface area (Å²) in [4.78, 5) is 11.9. The van der Waals surface area contributed by atoms with Gasteiger partial charge in [-0.15, -0.1) is 0 Å². The van der Waals surface area contributed by atoms with Crippen LogP contribution in [-0.2, 0) is 0 Å².